The van der Waals surface area contributed by atoms with E-state index in [0.29, 0.717) is 16.9 Å². The van der Waals surface area contributed by atoms with Crippen molar-refractivity contribution in [2.24, 2.45) is 5.41 Å². The molecule has 0 aliphatic heterocycles. The third-order valence-corrected chi connectivity index (χ3v) is 5.20. The first-order valence-corrected chi connectivity index (χ1v) is 11.1. The second-order valence-corrected chi connectivity index (χ2v) is 9.28. The first-order chi connectivity index (χ1) is 16.5. The molecular weight excluding hydrogens is 447 g/mol. The number of rotatable bonds is 7. The Morgan fingerprint density at radius 3 is 2.09 bits per heavy atom. The first kappa shape index (κ1) is 25.8. The van der Waals surface area contributed by atoms with E-state index in [9.17, 15) is 14.0 Å². The van der Waals surface area contributed by atoms with Gasteiger partial charge in [0.15, 0.2) is 0 Å². The van der Waals surface area contributed by atoms with Gasteiger partial charge in [-0.1, -0.05) is 36.9 Å². The average molecular weight is 477 g/mol. The smallest absolute Gasteiger partial charge is 0.338 e. The van der Waals surface area contributed by atoms with E-state index in [4.69, 9.17) is 14.2 Å². The van der Waals surface area contributed by atoms with Gasteiger partial charge in [-0.25, -0.2) is 9.18 Å². The predicted molar refractivity (Wildman–Crippen MR) is 134 cm³/mol. The van der Waals surface area contributed by atoms with Crippen LogP contribution in [0.2, 0.25) is 0 Å². The fourth-order valence-electron chi connectivity index (χ4n) is 3.21. The first-order valence-electron chi connectivity index (χ1n) is 11.1. The molecule has 5 nitrogen and oxygen atoms in total. The van der Waals surface area contributed by atoms with Crippen LogP contribution in [-0.2, 0) is 20.9 Å². The van der Waals surface area contributed by atoms with Gasteiger partial charge in [0.2, 0.25) is 0 Å². The highest BCUT2D eigenvalue weighted by Crippen LogP contribution is 2.32. The van der Waals surface area contributed by atoms with Crippen LogP contribution in [0, 0.1) is 11.2 Å². The van der Waals surface area contributed by atoms with E-state index in [0.717, 1.165) is 16.7 Å². The highest BCUT2D eigenvalue weighted by molar-refractivity contribution is 5.88. The molecule has 35 heavy (non-hydrogen) atoms. The van der Waals surface area contributed by atoms with Crippen LogP contribution < -0.4 is 9.47 Å². The molecule has 0 radical (unpaired) electrons. The fourth-order valence-corrected chi connectivity index (χ4v) is 3.21. The monoisotopic (exact) mass is 476 g/mol. The normalized spacial score (nSPS) is 11.1. The van der Waals surface area contributed by atoms with Gasteiger partial charge in [0, 0.05) is 29.9 Å². The van der Waals surface area contributed by atoms with Gasteiger partial charge in [-0.05, 0) is 68.7 Å². The summed E-state index contributed by atoms with van der Waals surface area (Å²) in [7, 11) is 1.58. The Kier molecular flexibility index (Phi) is 7.87. The molecule has 0 unspecified atom stereocenters. The number of benzene rings is 3. The van der Waals surface area contributed by atoms with Crippen molar-refractivity contribution < 1.29 is 28.2 Å². The molecule has 0 fully saturated rings. The van der Waals surface area contributed by atoms with Gasteiger partial charge in [-0.15, -0.1) is 0 Å². The third-order valence-electron chi connectivity index (χ3n) is 5.20. The molecule has 0 bridgehead atoms. The van der Waals surface area contributed by atoms with Crippen molar-refractivity contribution in [3.63, 3.8) is 0 Å². The summed E-state index contributed by atoms with van der Waals surface area (Å²) in [4.78, 5) is 24.0. The van der Waals surface area contributed by atoms with E-state index in [-0.39, 0.29) is 23.9 Å². The zero-order chi connectivity index (χ0) is 25.8. The highest BCUT2D eigenvalue weighted by atomic mass is 19.1. The van der Waals surface area contributed by atoms with Crippen molar-refractivity contribution in [2.45, 2.75) is 34.3 Å². The topological polar surface area (TPSA) is 61.8 Å². The highest BCUT2D eigenvalue weighted by Gasteiger charge is 2.24. The molecule has 0 amide bonds. The molecule has 0 atom stereocenters. The lowest BCUT2D eigenvalue weighted by Gasteiger charge is -2.18. The van der Waals surface area contributed by atoms with Crippen molar-refractivity contribution >= 4 is 11.9 Å². The summed E-state index contributed by atoms with van der Waals surface area (Å²) < 4.78 is 30.7. The number of carbonyl (C=O) groups excluding carboxylic acids is 2. The molecule has 0 spiro atoms. The van der Waals surface area contributed by atoms with Crippen LogP contribution in [-0.4, -0.2) is 19.0 Å². The molecular formula is C29H29FO5. The Morgan fingerprint density at radius 2 is 1.51 bits per heavy atom. The molecule has 0 N–H and O–H groups in total. The van der Waals surface area contributed by atoms with Crippen molar-refractivity contribution in [3.05, 3.63) is 84.2 Å². The second kappa shape index (κ2) is 10.7. The van der Waals surface area contributed by atoms with Crippen LogP contribution in [0.4, 0.5) is 4.39 Å². The van der Waals surface area contributed by atoms with E-state index >= 15 is 0 Å². The SMILES string of the molecule is C=C(C)C(=O)Oc1ccc(-c2ccc(-c3ccc(OC(=O)C(C)(C)C)c(COC)c3)cc2)c(F)c1. The number of hydrogen-bond donors (Lipinski definition) is 0. The van der Waals surface area contributed by atoms with Gasteiger partial charge in [-0.3, -0.25) is 4.79 Å². The minimum absolute atomic E-state index is 0.119. The molecule has 0 aromatic heterocycles. The van der Waals surface area contributed by atoms with Crippen LogP contribution in [0.5, 0.6) is 11.5 Å². The second-order valence-electron chi connectivity index (χ2n) is 9.28. The summed E-state index contributed by atoms with van der Waals surface area (Å²) in [6.07, 6.45) is 0. The van der Waals surface area contributed by atoms with Gasteiger partial charge in [0.05, 0.1) is 12.0 Å². The van der Waals surface area contributed by atoms with Crippen LogP contribution in [0.25, 0.3) is 22.3 Å². The third kappa shape index (κ3) is 6.43. The maximum Gasteiger partial charge on any atom is 0.338 e. The molecule has 0 aliphatic rings. The molecule has 182 valence electrons. The van der Waals surface area contributed by atoms with E-state index in [1.54, 1.807) is 46.1 Å². The number of hydrogen-bond acceptors (Lipinski definition) is 5. The minimum Gasteiger partial charge on any atom is -0.426 e. The largest absolute Gasteiger partial charge is 0.426 e. The van der Waals surface area contributed by atoms with Gasteiger partial charge >= 0.3 is 11.9 Å². The summed E-state index contributed by atoms with van der Waals surface area (Å²) in [5.41, 5.74) is 3.23. The van der Waals surface area contributed by atoms with Gasteiger partial charge in [0.1, 0.15) is 17.3 Å². The number of esters is 2. The molecule has 0 saturated carbocycles. The van der Waals surface area contributed by atoms with Crippen LogP contribution in [0.15, 0.2) is 72.8 Å². The van der Waals surface area contributed by atoms with Crippen molar-refractivity contribution in [1.29, 1.82) is 0 Å². The summed E-state index contributed by atoms with van der Waals surface area (Å²) in [6, 6.07) is 17.2. The van der Waals surface area contributed by atoms with Gasteiger partial charge in [0.25, 0.3) is 0 Å². The number of halogens is 1. The summed E-state index contributed by atoms with van der Waals surface area (Å²) in [5.74, 6) is -0.851. The molecule has 3 rings (SSSR count). The summed E-state index contributed by atoms with van der Waals surface area (Å²) in [6.45, 7) is 10.7. The number of carbonyl (C=O) groups is 2. The van der Waals surface area contributed by atoms with E-state index < -0.39 is 17.2 Å². The Bertz CT molecular complexity index is 1250. The van der Waals surface area contributed by atoms with Crippen molar-refractivity contribution in [2.75, 3.05) is 7.11 Å². The van der Waals surface area contributed by atoms with Gasteiger partial charge in [-0.2, -0.15) is 0 Å². The molecule has 6 heteroatoms. The Labute approximate surface area is 205 Å². The molecule has 0 saturated heterocycles. The molecule has 0 aliphatic carbocycles. The van der Waals surface area contributed by atoms with E-state index in [2.05, 4.69) is 6.58 Å². The fraction of sp³-hybridized carbons (Fsp3) is 0.241. The lowest BCUT2D eigenvalue weighted by atomic mass is 9.97. The van der Waals surface area contributed by atoms with E-state index in [1.165, 1.54) is 13.0 Å². The lowest BCUT2D eigenvalue weighted by molar-refractivity contribution is -0.143. The standard InChI is InChI=1S/C29H29FO5/c1-18(2)27(31)34-23-12-13-24(25(30)16-23)20-9-7-19(8-10-20)21-11-14-26(22(15-21)17-33-6)35-28(32)29(3,4)5/h7-16H,1,17H2,2-6H3. The maximum absolute atomic E-state index is 14.7. The summed E-state index contributed by atoms with van der Waals surface area (Å²) in [5, 5.41) is 0. The van der Waals surface area contributed by atoms with Crippen LogP contribution in [0.1, 0.15) is 33.3 Å². The maximum atomic E-state index is 14.7. The Hall–Kier alpha value is -3.77. The average Bonchev–Trinajstić information content (AvgIpc) is 2.80. The van der Waals surface area contributed by atoms with Crippen LogP contribution >= 0.6 is 0 Å². The minimum atomic E-state index is -0.626. The van der Waals surface area contributed by atoms with Crippen molar-refractivity contribution in [1.82, 2.24) is 0 Å². The quantitative estimate of drug-likeness (QED) is 0.215. The number of ether oxygens (including phenoxy) is 3. The Balaban J connectivity index is 1.84. The zero-order valence-corrected chi connectivity index (χ0v) is 20.6. The molecule has 0 heterocycles. The van der Waals surface area contributed by atoms with Gasteiger partial charge < -0.3 is 14.2 Å². The molecule has 3 aromatic rings. The predicted octanol–water partition coefficient (Wildman–Crippen LogP) is 6.74. The number of methoxy groups -OCH3 is 1. The zero-order valence-electron chi connectivity index (χ0n) is 20.6. The van der Waals surface area contributed by atoms with Crippen molar-refractivity contribution in [3.8, 4) is 33.8 Å². The van der Waals surface area contributed by atoms with E-state index in [1.807, 2.05) is 36.4 Å². The summed E-state index contributed by atoms with van der Waals surface area (Å²) >= 11 is 0. The Morgan fingerprint density at radius 1 is 0.886 bits per heavy atom. The van der Waals surface area contributed by atoms with Crippen LogP contribution in [0.3, 0.4) is 0 Å². The molecule has 3 aromatic carbocycles. The lowest BCUT2D eigenvalue weighted by Crippen LogP contribution is -2.26.